The van der Waals surface area contributed by atoms with Crippen molar-refractivity contribution in [3.8, 4) is 5.75 Å². The molecule has 0 radical (unpaired) electrons. The number of nitrogens with one attached hydrogen (secondary N) is 1. The van der Waals surface area contributed by atoms with Crippen LogP contribution in [0.2, 0.25) is 0 Å². The van der Waals surface area contributed by atoms with Crippen LogP contribution in [-0.4, -0.2) is 28.4 Å². The first-order valence-electron chi connectivity index (χ1n) is 6.42. The fourth-order valence-corrected chi connectivity index (χ4v) is 1.91. The zero-order valence-electron chi connectivity index (χ0n) is 11.8. The topological polar surface area (TPSA) is 93.5 Å². The van der Waals surface area contributed by atoms with E-state index in [1.165, 1.54) is 7.11 Å². The summed E-state index contributed by atoms with van der Waals surface area (Å²) in [6.07, 6.45) is -0.422. The van der Waals surface area contributed by atoms with Crippen molar-refractivity contribution in [2.75, 3.05) is 13.7 Å². The zero-order valence-corrected chi connectivity index (χ0v) is 11.8. The molecule has 1 heterocycles. The number of aliphatic hydroxyl groups excluding tert-OH is 1. The minimum atomic E-state index is -1.11. The number of aromatic amines is 1. The van der Waals surface area contributed by atoms with Gasteiger partial charge in [-0.1, -0.05) is 18.2 Å². The lowest BCUT2D eigenvalue weighted by Crippen LogP contribution is -2.42. The summed E-state index contributed by atoms with van der Waals surface area (Å²) < 4.78 is 24.4. The van der Waals surface area contributed by atoms with Gasteiger partial charge in [0.05, 0.1) is 6.61 Å². The monoisotopic (exact) mass is 310 g/mol. The number of aliphatic hydroxyl groups is 1. The van der Waals surface area contributed by atoms with Crippen LogP contribution >= 0.6 is 0 Å². The van der Waals surface area contributed by atoms with Crippen molar-refractivity contribution in [3.63, 3.8) is 0 Å². The zero-order chi connectivity index (χ0) is 16.1. The highest BCUT2D eigenvalue weighted by molar-refractivity contribution is 5.32. The first kappa shape index (κ1) is 15.9. The van der Waals surface area contributed by atoms with Crippen LogP contribution in [0.3, 0.4) is 0 Å². The van der Waals surface area contributed by atoms with Crippen LogP contribution in [0.1, 0.15) is 11.8 Å². The molecule has 2 N–H and O–H groups in total. The fourth-order valence-electron chi connectivity index (χ4n) is 1.91. The van der Waals surface area contributed by atoms with Gasteiger partial charge >= 0.3 is 5.69 Å². The highest BCUT2D eigenvalue weighted by atomic mass is 19.1. The summed E-state index contributed by atoms with van der Waals surface area (Å²) in [5.74, 6) is -0.717. The maximum absolute atomic E-state index is 13.3. The molecule has 2 rings (SSSR count). The molecule has 0 bridgehead atoms. The lowest BCUT2D eigenvalue weighted by atomic mass is 10.2. The molecular formula is C14H15FN2O5. The Balaban J connectivity index is 2.26. The second-order valence-corrected chi connectivity index (χ2v) is 4.38. The smallest absolute Gasteiger partial charge is 0.330 e. The second-order valence-electron chi connectivity index (χ2n) is 4.38. The normalized spacial score (nSPS) is 12.1. The molecule has 2 aromatic rings. The van der Waals surface area contributed by atoms with Gasteiger partial charge < -0.3 is 19.6 Å². The van der Waals surface area contributed by atoms with Gasteiger partial charge in [0.1, 0.15) is 12.4 Å². The molecule has 0 aliphatic carbocycles. The number of rotatable bonds is 6. The van der Waals surface area contributed by atoms with Gasteiger partial charge in [0, 0.05) is 18.9 Å². The first-order chi connectivity index (χ1) is 10.6. The van der Waals surface area contributed by atoms with E-state index in [2.05, 4.69) is 4.98 Å². The lowest BCUT2D eigenvalue weighted by Gasteiger charge is -2.18. The Kier molecular flexibility index (Phi) is 5.08. The number of hydrogen-bond donors (Lipinski definition) is 2. The number of nitrogens with zero attached hydrogens (tertiary/aromatic N) is 1. The van der Waals surface area contributed by atoms with Crippen molar-refractivity contribution in [2.24, 2.45) is 0 Å². The molecule has 0 saturated carbocycles. The molecule has 1 aromatic carbocycles. The Bertz CT molecular complexity index is 755. The maximum atomic E-state index is 13.3. The third-order valence-corrected chi connectivity index (χ3v) is 3.05. The summed E-state index contributed by atoms with van der Waals surface area (Å²) >= 11 is 0. The standard InChI is InChI=1S/C14H15FN2O5/c1-21-12(17-13(19)10(15)6-16-14(17)20)8-22-11-5-3-2-4-9(11)7-18/h2-6,12,18H,7-8H2,1H3,(H,16,20). The van der Waals surface area contributed by atoms with Crippen LogP contribution in [0, 0.1) is 5.82 Å². The van der Waals surface area contributed by atoms with Crippen LogP contribution in [0.25, 0.3) is 0 Å². The lowest BCUT2D eigenvalue weighted by molar-refractivity contribution is -0.00135. The Morgan fingerprint density at radius 3 is 2.77 bits per heavy atom. The molecule has 7 nitrogen and oxygen atoms in total. The van der Waals surface area contributed by atoms with Crippen LogP contribution < -0.4 is 16.0 Å². The molecule has 22 heavy (non-hydrogen) atoms. The van der Waals surface area contributed by atoms with Crippen molar-refractivity contribution in [2.45, 2.75) is 12.8 Å². The summed E-state index contributed by atoms with van der Waals surface area (Å²) in [6.45, 7) is -0.436. The average molecular weight is 310 g/mol. The van der Waals surface area contributed by atoms with Gasteiger partial charge in [-0.2, -0.15) is 4.39 Å². The van der Waals surface area contributed by atoms with Gasteiger partial charge in [0.2, 0.25) is 5.82 Å². The van der Waals surface area contributed by atoms with Gasteiger partial charge in [-0.3, -0.25) is 4.79 Å². The Labute approximate surface area is 124 Å². The van der Waals surface area contributed by atoms with E-state index >= 15 is 0 Å². The molecule has 1 unspecified atom stereocenters. The number of ether oxygens (including phenoxy) is 2. The third kappa shape index (κ3) is 3.23. The van der Waals surface area contributed by atoms with Gasteiger partial charge in [0.25, 0.3) is 5.56 Å². The van der Waals surface area contributed by atoms with Crippen molar-refractivity contribution >= 4 is 0 Å². The van der Waals surface area contributed by atoms with Crippen molar-refractivity contribution in [3.05, 3.63) is 62.7 Å². The predicted octanol–water partition coefficient (Wildman–Crippen LogP) is 0.392. The number of methoxy groups -OCH3 is 1. The Morgan fingerprint density at radius 2 is 2.09 bits per heavy atom. The number of para-hydroxylation sites is 1. The van der Waals surface area contributed by atoms with Crippen molar-refractivity contribution in [1.29, 1.82) is 0 Å². The molecule has 8 heteroatoms. The van der Waals surface area contributed by atoms with Crippen LogP contribution in [0.4, 0.5) is 4.39 Å². The molecule has 0 saturated heterocycles. The van der Waals surface area contributed by atoms with Gasteiger partial charge in [-0.25, -0.2) is 9.36 Å². The molecule has 0 fully saturated rings. The number of aromatic nitrogens is 2. The van der Waals surface area contributed by atoms with E-state index in [1.54, 1.807) is 24.3 Å². The summed E-state index contributed by atoms with van der Waals surface area (Å²) in [4.78, 5) is 25.5. The Hall–Kier alpha value is -2.45. The second kappa shape index (κ2) is 7.01. The van der Waals surface area contributed by atoms with E-state index in [-0.39, 0.29) is 13.2 Å². The number of halogens is 1. The predicted molar refractivity (Wildman–Crippen MR) is 75.2 cm³/mol. The van der Waals surface area contributed by atoms with Crippen molar-refractivity contribution in [1.82, 2.24) is 9.55 Å². The van der Waals surface area contributed by atoms with E-state index in [1.807, 2.05) is 0 Å². The third-order valence-electron chi connectivity index (χ3n) is 3.05. The van der Waals surface area contributed by atoms with Gasteiger partial charge in [-0.15, -0.1) is 0 Å². The summed E-state index contributed by atoms with van der Waals surface area (Å²) in [5.41, 5.74) is -1.37. The summed E-state index contributed by atoms with van der Waals surface area (Å²) in [5, 5.41) is 9.21. The minimum absolute atomic E-state index is 0.208. The van der Waals surface area contributed by atoms with E-state index in [9.17, 15) is 19.1 Å². The minimum Gasteiger partial charge on any atom is -0.488 e. The highest BCUT2D eigenvalue weighted by Crippen LogP contribution is 2.19. The molecule has 0 amide bonds. The van der Waals surface area contributed by atoms with Gasteiger partial charge in [-0.05, 0) is 6.07 Å². The highest BCUT2D eigenvalue weighted by Gasteiger charge is 2.18. The molecule has 0 aliphatic heterocycles. The van der Waals surface area contributed by atoms with Gasteiger partial charge in [0.15, 0.2) is 6.23 Å². The number of hydrogen-bond acceptors (Lipinski definition) is 5. The number of benzene rings is 1. The SMILES string of the molecule is COC(COc1ccccc1CO)n1c(=O)[nH]cc(F)c1=O. The van der Waals surface area contributed by atoms with E-state index in [4.69, 9.17) is 9.47 Å². The largest absolute Gasteiger partial charge is 0.488 e. The van der Waals surface area contributed by atoms with E-state index in [0.717, 1.165) is 0 Å². The molecule has 1 atom stereocenters. The first-order valence-corrected chi connectivity index (χ1v) is 6.42. The quantitative estimate of drug-likeness (QED) is 0.805. The van der Waals surface area contributed by atoms with Crippen LogP contribution in [0.15, 0.2) is 40.1 Å². The number of H-pyrrole nitrogens is 1. The summed E-state index contributed by atoms with van der Waals surface area (Å²) in [7, 11) is 1.27. The van der Waals surface area contributed by atoms with Crippen LogP contribution in [0.5, 0.6) is 5.75 Å². The van der Waals surface area contributed by atoms with Crippen LogP contribution in [-0.2, 0) is 11.3 Å². The fraction of sp³-hybridized carbons (Fsp3) is 0.286. The summed E-state index contributed by atoms with van der Waals surface area (Å²) in [6, 6.07) is 6.72. The molecule has 118 valence electrons. The molecule has 0 aliphatic rings. The van der Waals surface area contributed by atoms with E-state index < -0.39 is 23.3 Å². The van der Waals surface area contributed by atoms with Crippen molar-refractivity contribution < 1.29 is 19.0 Å². The molecule has 0 spiro atoms. The molecular weight excluding hydrogens is 295 g/mol. The molecule has 1 aromatic heterocycles. The Morgan fingerprint density at radius 1 is 1.36 bits per heavy atom. The average Bonchev–Trinajstić information content (AvgIpc) is 2.54. The maximum Gasteiger partial charge on any atom is 0.330 e. The van der Waals surface area contributed by atoms with E-state index in [0.29, 0.717) is 22.1 Å².